The van der Waals surface area contributed by atoms with Crippen molar-refractivity contribution in [1.29, 1.82) is 0 Å². The lowest BCUT2D eigenvalue weighted by atomic mass is 10.1. The van der Waals surface area contributed by atoms with Gasteiger partial charge < -0.3 is 20.3 Å². The third kappa shape index (κ3) is 5.46. The van der Waals surface area contributed by atoms with Gasteiger partial charge in [-0.25, -0.2) is 8.42 Å². The van der Waals surface area contributed by atoms with E-state index in [4.69, 9.17) is 4.74 Å². The van der Waals surface area contributed by atoms with Gasteiger partial charge in [0.1, 0.15) is 5.75 Å². The monoisotopic (exact) mass is 500 g/mol. The third-order valence-electron chi connectivity index (χ3n) is 6.00. The molecule has 186 valence electrons. The van der Waals surface area contributed by atoms with Crippen LogP contribution >= 0.6 is 0 Å². The van der Waals surface area contributed by atoms with Gasteiger partial charge in [0.15, 0.2) is 6.10 Å². The normalized spacial score (nSPS) is 18.3. The summed E-state index contributed by atoms with van der Waals surface area (Å²) in [7, 11) is -3.80. The number of anilines is 2. The van der Waals surface area contributed by atoms with Crippen molar-refractivity contribution >= 4 is 39.1 Å². The average Bonchev–Trinajstić information content (AvgIpc) is 2.84. The molecule has 1 fully saturated rings. The van der Waals surface area contributed by atoms with Crippen LogP contribution in [-0.4, -0.2) is 67.6 Å². The molecule has 2 N–H and O–H groups in total. The minimum absolute atomic E-state index is 0.0640. The molecule has 35 heavy (non-hydrogen) atoms. The SMILES string of the molecule is CC[C@H]1Oc2ccc(S(=O)(=O)N3CCN(C(=O)Cc4ccc(NC(C)=O)cc4)CC3)cc2NC1=O. The largest absolute Gasteiger partial charge is 0.478 e. The Bertz CT molecular complexity index is 1240. The summed E-state index contributed by atoms with van der Waals surface area (Å²) in [5.74, 6) is -0.115. The number of piperazine rings is 1. The maximum atomic E-state index is 13.2. The Morgan fingerprint density at radius 2 is 1.77 bits per heavy atom. The molecule has 2 heterocycles. The Morgan fingerprint density at radius 1 is 1.09 bits per heavy atom. The maximum Gasteiger partial charge on any atom is 0.265 e. The third-order valence-corrected chi connectivity index (χ3v) is 7.89. The fourth-order valence-corrected chi connectivity index (χ4v) is 5.53. The molecule has 10 nitrogen and oxygen atoms in total. The van der Waals surface area contributed by atoms with Crippen LogP contribution in [0, 0.1) is 0 Å². The summed E-state index contributed by atoms with van der Waals surface area (Å²) in [4.78, 5) is 37.7. The van der Waals surface area contributed by atoms with Crippen molar-refractivity contribution in [2.45, 2.75) is 37.7 Å². The summed E-state index contributed by atoms with van der Waals surface area (Å²) in [6.45, 7) is 4.18. The number of nitrogens with one attached hydrogen (secondary N) is 2. The van der Waals surface area contributed by atoms with E-state index in [1.165, 1.54) is 23.4 Å². The first kappa shape index (κ1) is 24.7. The fraction of sp³-hybridized carbons (Fsp3) is 0.375. The number of amides is 3. The van der Waals surface area contributed by atoms with Gasteiger partial charge in [0.05, 0.1) is 17.0 Å². The number of hydrogen-bond acceptors (Lipinski definition) is 6. The first-order valence-corrected chi connectivity index (χ1v) is 12.9. The molecular formula is C24H28N4O6S. The lowest BCUT2D eigenvalue weighted by Crippen LogP contribution is -2.50. The van der Waals surface area contributed by atoms with Gasteiger partial charge in [-0.3, -0.25) is 14.4 Å². The topological polar surface area (TPSA) is 125 Å². The van der Waals surface area contributed by atoms with Gasteiger partial charge in [-0.05, 0) is 42.3 Å². The van der Waals surface area contributed by atoms with E-state index < -0.39 is 16.1 Å². The van der Waals surface area contributed by atoms with Gasteiger partial charge in [0.2, 0.25) is 21.8 Å². The van der Waals surface area contributed by atoms with E-state index in [9.17, 15) is 22.8 Å². The summed E-state index contributed by atoms with van der Waals surface area (Å²) in [6.07, 6.45) is 0.110. The first-order chi connectivity index (χ1) is 16.7. The Labute approximate surface area is 204 Å². The molecule has 0 aliphatic carbocycles. The van der Waals surface area contributed by atoms with Crippen molar-refractivity contribution in [3.8, 4) is 5.75 Å². The predicted octanol–water partition coefficient (Wildman–Crippen LogP) is 1.83. The Hall–Kier alpha value is -3.44. The standard InChI is InChI=1S/C24H28N4O6S/c1-3-21-24(31)26-20-15-19(8-9-22(20)34-21)35(32,33)28-12-10-27(11-13-28)23(30)14-17-4-6-18(7-5-17)25-16(2)29/h4-9,15,21H,3,10-14H2,1-2H3,(H,25,29)(H,26,31)/t21-/m1/s1. The molecule has 0 bridgehead atoms. The highest BCUT2D eigenvalue weighted by atomic mass is 32.2. The molecule has 0 radical (unpaired) electrons. The van der Waals surface area contributed by atoms with Crippen LogP contribution in [0.4, 0.5) is 11.4 Å². The molecule has 1 atom stereocenters. The van der Waals surface area contributed by atoms with Gasteiger partial charge >= 0.3 is 0 Å². The Kier molecular flexibility index (Phi) is 7.08. The highest BCUT2D eigenvalue weighted by Gasteiger charge is 2.32. The number of hydrogen-bond donors (Lipinski definition) is 2. The fourth-order valence-electron chi connectivity index (χ4n) is 4.08. The Balaban J connectivity index is 1.36. The minimum Gasteiger partial charge on any atom is -0.478 e. The summed E-state index contributed by atoms with van der Waals surface area (Å²) in [5.41, 5.74) is 1.80. The second kappa shape index (κ2) is 10.0. The highest BCUT2D eigenvalue weighted by molar-refractivity contribution is 7.89. The lowest BCUT2D eigenvalue weighted by molar-refractivity contribution is -0.131. The quantitative estimate of drug-likeness (QED) is 0.624. The number of carbonyl (C=O) groups excluding carboxylic acids is 3. The maximum absolute atomic E-state index is 13.2. The highest BCUT2D eigenvalue weighted by Crippen LogP contribution is 2.33. The van der Waals surface area contributed by atoms with E-state index in [1.54, 1.807) is 35.2 Å². The zero-order chi connectivity index (χ0) is 25.2. The van der Waals surface area contributed by atoms with Crippen LogP contribution in [0.15, 0.2) is 47.4 Å². The number of ether oxygens (including phenoxy) is 1. The zero-order valence-electron chi connectivity index (χ0n) is 19.6. The van der Waals surface area contributed by atoms with Crippen molar-refractivity contribution in [3.63, 3.8) is 0 Å². The summed E-state index contributed by atoms with van der Waals surface area (Å²) >= 11 is 0. The van der Waals surface area contributed by atoms with Gasteiger partial charge in [0, 0.05) is 38.8 Å². The number of benzene rings is 2. The molecule has 2 aliphatic rings. The number of carbonyl (C=O) groups is 3. The zero-order valence-corrected chi connectivity index (χ0v) is 20.4. The molecule has 2 aliphatic heterocycles. The van der Waals surface area contributed by atoms with Crippen LogP contribution < -0.4 is 15.4 Å². The van der Waals surface area contributed by atoms with Crippen molar-refractivity contribution in [1.82, 2.24) is 9.21 Å². The first-order valence-electron chi connectivity index (χ1n) is 11.4. The van der Waals surface area contributed by atoms with Crippen molar-refractivity contribution < 1.29 is 27.5 Å². The molecule has 0 aromatic heterocycles. The van der Waals surface area contributed by atoms with Gasteiger partial charge in [-0.2, -0.15) is 4.31 Å². The summed E-state index contributed by atoms with van der Waals surface area (Å²) < 4.78 is 33.4. The van der Waals surface area contributed by atoms with Crippen LogP contribution in [0.3, 0.4) is 0 Å². The lowest BCUT2D eigenvalue weighted by Gasteiger charge is -2.34. The molecule has 4 rings (SSSR count). The number of fused-ring (bicyclic) bond motifs is 1. The molecule has 3 amide bonds. The van der Waals surface area contributed by atoms with E-state index in [0.29, 0.717) is 23.5 Å². The molecule has 0 unspecified atom stereocenters. The molecule has 1 saturated heterocycles. The molecule has 11 heteroatoms. The van der Waals surface area contributed by atoms with E-state index in [0.717, 1.165) is 5.56 Å². The van der Waals surface area contributed by atoms with Gasteiger partial charge in [-0.1, -0.05) is 19.1 Å². The van der Waals surface area contributed by atoms with Crippen LogP contribution in [0.2, 0.25) is 0 Å². The van der Waals surface area contributed by atoms with E-state index in [1.807, 2.05) is 6.92 Å². The van der Waals surface area contributed by atoms with E-state index >= 15 is 0 Å². The van der Waals surface area contributed by atoms with Gasteiger partial charge in [-0.15, -0.1) is 0 Å². The summed E-state index contributed by atoms with van der Waals surface area (Å²) in [5, 5.41) is 5.39. The van der Waals surface area contributed by atoms with Crippen molar-refractivity contribution in [2.24, 2.45) is 0 Å². The molecule has 2 aromatic rings. The minimum atomic E-state index is -3.80. The number of nitrogens with zero attached hydrogens (tertiary/aromatic N) is 2. The number of sulfonamides is 1. The van der Waals surface area contributed by atoms with Crippen molar-refractivity contribution in [2.75, 3.05) is 36.8 Å². The second-order valence-corrected chi connectivity index (χ2v) is 10.4. The average molecular weight is 501 g/mol. The molecule has 2 aromatic carbocycles. The second-order valence-electron chi connectivity index (χ2n) is 8.50. The molecular weight excluding hydrogens is 472 g/mol. The summed E-state index contributed by atoms with van der Waals surface area (Å²) in [6, 6.07) is 11.5. The van der Waals surface area contributed by atoms with Gasteiger partial charge in [0.25, 0.3) is 5.91 Å². The van der Waals surface area contributed by atoms with Crippen LogP contribution in [0.1, 0.15) is 25.8 Å². The van der Waals surface area contributed by atoms with E-state index in [-0.39, 0.29) is 55.2 Å². The molecule has 0 spiro atoms. The molecule has 0 saturated carbocycles. The van der Waals surface area contributed by atoms with Crippen LogP contribution in [-0.2, 0) is 30.8 Å². The smallest absolute Gasteiger partial charge is 0.265 e. The van der Waals surface area contributed by atoms with E-state index in [2.05, 4.69) is 10.6 Å². The predicted molar refractivity (Wildman–Crippen MR) is 130 cm³/mol. The van der Waals surface area contributed by atoms with Crippen molar-refractivity contribution in [3.05, 3.63) is 48.0 Å². The Morgan fingerprint density at radius 3 is 2.40 bits per heavy atom. The number of rotatable bonds is 6. The van der Waals surface area contributed by atoms with Crippen LogP contribution in [0.5, 0.6) is 5.75 Å². The van der Waals surface area contributed by atoms with Crippen LogP contribution in [0.25, 0.3) is 0 Å².